The van der Waals surface area contributed by atoms with Crippen molar-refractivity contribution in [3.8, 4) is 0 Å². The monoisotopic (exact) mass is 320 g/mol. The van der Waals surface area contributed by atoms with Crippen LogP contribution in [0.25, 0.3) is 11.0 Å². The van der Waals surface area contributed by atoms with E-state index in [0.29, 0.717) is 5.16 Å². The smallest absolute Gasteiger partial charge is 0.240 e. The van der Waals surface area contributed by atoms with Crippen LogP contribution in [-0.2, 0) is 10.0 Å². The molecular weight excluding hydrogens is 308 g/mol. The average Bonchev–Trinajstić information content (AvgIpc) is 2.79. The highest BCUT2D eigenvalue weighted by Gasteiger charge is 2.13. The van der Waals surface area contributed by atoms with E-state index >= 15 is 0 Å². The lowest BCUT2D eigenvalue weighted by Gasteiger charge is -2.05. The molecule has 5 N–H and O–H groups in total. The van der Waals surface area contributed by atoms with Gasteiger partial charge in [0, 0.05) is 4.90 Å². The van der Waals surface area contributed by atoms with E-state index in [4.69, 9.17) is 10.9 Å². The van der Waals surface area contributed by atoms with Gasteiger partial charge in [0.15, 0.2) is 5.16 Å². The number of nitrogens with one attached hydrogen (secondary N) is 1. The summed E-state index contributed by atoms with van der Waals surface area (Å²) in [6, 6.07) is 12.3. The van der Waals surface area contributed by atoms with Gasteiger partial charge in [0.05, 0.1) is 16.7 Å². The molecule has 0 fully saturated rings. The molecule has 0 aliphatic heterocycles. The molecule has 0 amide bonds. The normalized spacial score (nSPS) is 11.9. The molecule has 1 aromatic heterocycles. The first kappa shape index (κ1) is 13.9. The molecule has 0 bridgehead atoms. The maximum Gasteiger partial charge on any atom is 0.240 e. The lowest BCUT2D eigenvalue weighted by Crippen LogP contribution is -2.14. The van der Waals surface area contributed by atoms with E-state index in [1.165, 1.54) is 17.8 Å². The molecule has 0 atom stereocenters. The Labute approximate surface area is 125 Å². The first-order valence-corrected chi connectivity index (χ1v) is 8.35. The molecule has 2 aromatic carbocycles. The van der Waals surface area contributed by atoms with Crippen LogP contribution in [0.5, 0.6) is 0 Å². The van der Waals surface area contributed by atoms with Crippen LogP contribution >= 0.6 is 11.8 Å². The largest absolute Gasteiger partial charge is 0.398 e. The fourth-order valence-corrected chi connectivity index (χ4v) is 3.43. The molecule has 0 aliphatic carbocycles. The Morgan fingerprint density at radius 2 is 1.90 bits per heavy atom. The third kappa shape index (κ3) is 2.87. The van der Waals surface area contributed by atoms with E-state index in [2.05, 4.69) is 9.97 Å². The highest BCUT2D eigenvalue weighted by Crippen LogP contribution is 2.30. The second-order valence-electron chi connectivity index (χ2n) is 4.41. The van der Waals surface area contributed by atoms with E-state index in [1.807, 2.05) is 24.3 Å². The molecule has 0 saturated carbocycles. The molecule has 0 radical (unpaired) electrons. The topological polar surface area (TPSA) is 115 Å². The zero-order chi connectivity index (χ0) is 15.0. The molecule has 1 heterocycles. The summed E-state index contributed by atoms with van der Waals surface area (Å²) < 4.78 is 22.6. The van der Waals surface area contributed by atoms with Crippen molar-refractivity contribution in [2.45, 2.75) is 14.9 Å². The summed E-state index contributed by atoms with van der Waals surface area (Å²) in [5.74, 6) is 0. The number of hydrogen-bond acceptors (Lipinski definition) is 5. The number of rotatable bonds is 3. The van der Waals surface area contributed by atoms with Crippen LogP contribution in [0.2, 0.25) is 0 Å². The first-order chi connectivity index (χ1) is 9.93. The quantitative estimate of drug-likeness (QED) is 0.638. The molecule has 21 heavy (non-hydrogen) atoms. The van der Waals surface area contributed by atoms with Crippen LogP contribution < -0.4 is 10.9 Å². The highest BCUT2D eigenvalue weighted by molar-refractivity contribution is 7.99. The van der Waals surface area contributed by atoms with Gasteiger partial charge in [-0.25, -0.2) is 18.5 Å². The zero-order valence-electron chi connectivity index (χ0n) is 10.8. The van der Waals surface area contributed by atoms with Gasteiger partial charge >= 0.3 is 0 Å². The molecule has 0 aliphatic rings. The Hall–Kier alpha value is -2.03. The third-order valence-electron chi connectivity index (χ3n) is 2.87. The number of nitrogens with zero attached hydrogens (tertiary/aromatic N) is 1. The van der Waals surface area contributed by atoms with Gasteiger partial charge < -0.3 is 10.7 Å². The van der Waals surface area contributed by atoms with Gasteiger partial charge in [-0.3, -0.25) is 0 Å². The van der Waals surface area contributed by atoms with Gasteiger partial charge in [0.2, 0.25) is 10.0 Å². The molecular formula is C13H12N4O2S2. The van der Waals surface area contributed by atoms with Gasteiger partial charge in [-0.15, -0.1) is 0 Å². The van der Waals surface area contributed by atoms with Crippen molar-refractivity contribution in [2.24, 2.45) is 5.14 Å². The Bertz CT molecular complexity index is 886. The summed E-state index contributed by atoms with van der Waals surface area (Å²) in [6.07, 6.45) is 0. The van der Waals surface area contributed by atoms with Crippen LogP contribution in [0.1, 0.15) is 0 Å². The Morgan fingerprint density at radius 1 is 1.14 bits per heavy atom. The number of sulfonamides is 1. The number of hydrogen-bond donors (Lipinski definition) is 3. The van der Waals surface area contributed by atoms with Gasteiger partial charge in [-0.05, 0) is 30.3 Å². The molecule has 8 heteroatoms. The van der Waals surface area contributed by atoms with Crippen LogP contribution in [0.15, 0.2) is 57.4 Å². The lowest BCUT2D eigenvalue weighted by atomic mass is 10.3. The number of imidazole rings is 1. The molecule has 0 unspecified atom stereocenters. The number of primary sulfonamides is 1. The lowest BCUT2D eigenvalue weighted by molar-refractivity contribution is 0.598. The van der Waals surface area contributed by atoms with E-state index in [1.54, 1.807) is 12.1 Å². The predicted octanol–water partition coefficient (Wildman–Crippen LogP) is 1.94. The summed E-state index contributed by atoms with van der Waals surface area (Å²) in [4.78, 5) is 8.31. The summed E-state index contributed by atoms with van der Waals surface area (Å²) in [5.41, 5.74) is 7.67. The number of para-hydroxylation sites is 2. The van der Waals surface area contributed by atoms with Crippen LogP contribution in [0, 0.1) is 0 Å². The van der Waals surface area contributed by atoms with Crippen molar-refractivity contribution in [1.82, 2.24) is 9.97 Å². The highest BCUT2D eigenvalue weighted by atomic mass is 32.2. The van der Waals surface area contributed by atoms with Gasteiger partial charge in [-0.1, -0.05) is 23.9 Å². The van der Waals surface area contributed by atoms with Crippen molar-refractivity contribution in [2.75, 3.05) is 5.73 Å². The van der Waals surface area contributed by atoms with Crippen molar-refractivity contribution in [1.29, 1.82) is 0 Å². The van der Waals surface area contributed by atoms with Crippen molar-refractivity contribution >= 4 is 38.5 Å². The van der Waals surface area contributed by atoms with E-state index < -0.39 is 10.0 Å². The minimum absolute atomic E-state index is 0.0727. The molecule has 108 valence electrons. The number of fused-ring (bicyclic) bond motifs is 1. The molecule has 0 saturated heterocycles. The predicted molar refractivity (Wildman–Crippen MR) is 82.4 cm³/mol. The molecule has 6 nitrogen and oxygen atoms in total. The fourth-order valence-electron chi connectivity index (χ4n) is 1.94. The molecule has 0 spiro atoms. The van der Waals surface area contributed by atoms with Crippen LogP contribution in [0.3, 0.4) is 0 Å². The number of benzene rings is 2. The minimum atomic E-state index is -3.80. The number of H-pyrrole nitrogens is 1. The van der Waals surface area contributed by atoms with Crippen LogP contribution in [0.4, 0.5) is 5.69 Å². The Morgan fingerprint density at radius 3 is 2.57 bits per heavy atom. The number of aromatic amines is 1. The number of aromatic nitrogens is 2. The van der Waals surface area contributed by atoms with E-state index in [-0.39, 0.29) is 10.6 Å². The van der Waals surface area contributed by atoms with Gasteiger partial charge in [-0.2, -0.15) is 0 Å². The fraction of sp³-hybridized carbons (Fsp3) is 0. The number of nitrogens with two attached hydrogens (primary N) is 2. The second-order valence-corrected chi connectivity index (χ2v) is 7.00. The first-order valence-electron chi connectivity index (χ1n) is 5.98. The third-order valence-corrected chi connectivity index (χ3v) is 4.73. The number of nitrogen functional groups attached to an aromatic ring is 1. The Balaban J connectivity index is 1.93. The van der Waals surface area contributed by atoms with E-state index in [9.17, 15) is 8.42 Å². The SMILES string of the molecule is Nc1cc(Sc2nc3ccccc3[nH]2)ccc1S(N)(=O)=O. The zero-order valence-corrected chi connectivity index (χ0v) is 12.4. The van der Waals surface area contributed by atoms with Crippen molar-refractivity contribution in [3.63, 3.8) is 0 Å². The second kappa shape index (κ2) is 5.06. The summed E-state index contributed by atoms with van der Waals surface area (Å²) in [6.45, 7) is 0. The maximum absolute atomic E-state index is 11.3. The average molecular weight is 320 g/mol. The summed E-state index contributed by atoms with van der Waals surface area (Å²) in [5, 5.41) is 5.79. The summed E-state index contributed by atoms with van der Waals surface area (Å²) in [7, 11) is -3.80. The Kier molecular flexibility index (Phi) is 3.36. The number of anilines is 1. The van der Waals surface area contributed by atoms with E-state index in [0.717, 1.165) is 15.9 Å². The molecule has 3 aromatic rings. The van der Waals surface area contributed by atoms with Gasteiger partial charge in [0.25, 0.3) is 0 Å². The maximum atomic E-state index is 11.3. The van der Waals surface area contributed by atoms with Crippen LogP contribution in [-0.4, -0.2) is 18.4 Å². The summed E-state index contributed by atoms with van der Waals surface area (Å²) >= 11 is 1.36. The molecule has 3 rings (SSSR count). The standard InChI is InChI=1S/C13H12N4O2S2/c14-9-7-8(5-6-12(9)21(15,18)19)20-13-16-10-3-1-2-4-11(10)17-13/h1-7H,14H2,(H,16,17)(H2,15,18,19). The van der Waals surface area contributed by atoms with Gasteiger partial charge in [0.1, 0.15) is 4.90 Å². The van der Waals surface area contributed by atoms with Crippen molar-refractivity contribution in [3.05, 3.63) is 42.5 Å². The minimum Gasteiger partial charge on any atom is -0.398 e. The van der Waals surface area contributed by atoms with Crippen molar-refractivity contribution < 1.29 is 8.42 Å².